The van der Waals surface area contributed by atoms with E-state index in [0.29, 0.717) is 12.6 Å². The molecule has 2 rings (SSSR count). The number of hydrogen-bond donors (Lipinski definition) is 1. The Kier molecular flexibility index (Phi) is 3.36. The first-order valence-corrected chi connectivity index (χ1v) is 5.37. The molecular formula is C11H16N4O. The maximum absolute atomic E-state index is 4.99. The quantitative estimate of drug-likeness (QED) is 0.834. The molecule has 0 aliphatic carbocycles. The fourth-order valence-electron chi connectivity index (χ4n) is 1.54. The zero-order chi connectivity index (χ0) is 11.4. The lowest BCUT2D eigenvalue weighted by atomic mass is 10.3. The molecule has 5 nitrogen and oxygen atoms in total. The second-order valence-corrected chi connectivity index (χ2v) is 3.95. The third kappa shape index (κ3) is 2.49. The molecule has 0 aromatic carbocycles. The topological polar surface area (TPSA) is 55.9 Å². The van der Waals surface area contributed by atoms with Gasteiger partial charge in [-0.1, -0.05) is 0 Å². The number of aromatic nitrogens is 3. The van der Waals surface area contributed by atoms with Crippen molar-refractivity contribution in [3.05, 3.63) is 36.3 Å². The van der Waals surface area contributed by atoms with Gasteiger partial charge in [-0.15, -0.1) is 0 Å². The maximum Gasteiger partial charge on any atom is 0.141 e. The Morgan fingerprint density at radius 2 is 2.31 bits per heavy atom. The molecule has 0 amide bonds. The van der Waals surface area contributed by atoms with Crippen LogP contribution < -0.4 is 5.32 Å². The molecule has 1 N–H and O–H groups in total. The van der Waals surface area contributed by atoms with Gasteiger partial charge in [0.15, 0.2) is 0 Å². The lowest BCUT2D eigenvalue weighted by molar-refractivity contribution is 0.489. The molecule has 0 spiro atoms. The van der Waals surface area contributed by atoms with E-state index in [2.05, 4.69) is 29.2 Å². The summed E-state index contributed by atoms with van der Waals surface area (Å²) < 4.78 is 6.91. The second-order valence-electron chi connectivity index (χ2n) is 3.95. The van der Waals surface area contributed by atoms with Crippen LogP contribution >= 0.6 is 0 Å². The van der Waals surface area contributed by atoms with Crippen LogP contribution in [0.15, 0.2) is 29.3 Å². The minimum Gasteiger partial charge on any atom is -0.472 e. The van der Waals surface area contributed by atoms with Crippen molar-refractivity contribution in [3.63, 3.8) is 0 Å². The van der Waals surface area contributed by atoms with Gasteiger partial charge in [-0.2, -0.15) is 5.10 Å². The van der Waals surface area contributed by atoms with Gasteiger partial charge in [0.1, 0.15) is 12.2 Å². The largest absolute Gasteiger partial charge is 0.472 e. The van der Waals surface area contributed by atoms with Crippen LogP contribution in [0.3, 0.4) is 0 Å². The van der Waals surface area contributed by atoms with Crippen molar-refractivity contribution < 1.29 is 4.42 Å². The van der Waals surface area contributed by atoms with Crippen LogP contribution in [-0.4, -0.2) is 14.8 Å². The first-order chi connectivity index (χ1) is 7.77. The van der Waals surface area contributed by atoms with Crippen LogP contribution in [0, 0.1) is 0 Å². The van der Waals surface area contributed by atoms with E-state index in [1.165, 1.54) is 0 Å². The molecule has 0 bridgehead atoms. The summed E-state index contributed by atoms with van der Waals surface area (Å²) in [5.74, 6) is 0.957. The molecule has 0 fully saturated rings. The molecule has 0 saturated heterocycles. The number of hydrogen-bond acceptors (Lipinski definition) is 4. The van der Waals surface area contributed by atoms with Crippen molar-refractivity contribution in [2.75, 3.05) is 0 Å². The van der Waals surface area contributed by atoms with Crippen molar-refractivity contribution in [2.24, 2.45) is 0 Å². The summed E-state index contributed by atoms with van der Waals surface area (Å²) in [6, 6.07) is 2.29. The summed E-state index contributed by atoms with van der Waals surface area (Å²) in [7, 11) is 0. The van der Waals surface area contributed by atoms with Crippen LogP contribution in [0.2, 0.25) is 0 Å². The van der Waals surface area contributed by atoms with E-state index >= 15 is 0 Å². The van der Waals surface area contributed by atoms with Crippen LogP contribution in [0.4, 0.5) is 0 Å². The van der Waals surface area contributed by atoms with E-state index in [9.17, 15) is 0 Å². The van der Waals surface area contributed by atoms with Crippen molar-refractivity contribution in [3.8, 4) is 0 Å². The summed E-state index contributed by atoms with van der Waals surface area (Å²) in [5, 5.41) is 7.48. The molecular weight excluding hydrogens is 204 g/mol. The van der Waals surface area contributed by atoms with Crippen LogP contribution in [-0.2, 0) is 13.1 Å². The fraction of sp³-hybridized carbons (Fsp3) is 0.455. The van der Waals surface area contributed by atoms with Gasteiger partial charge in [-0.3, -0.25) is 0 Å². The SMILES string of the molecule is CC(C)n1ncnc1CNCc1ccoc1. The number of rotatable bonds is 5. The van der Waals surface area contributed by atoms with Gasteiger partial charge >= 0.3 is 0 Å². The molecule has 16 heavy (non-hydrogen) atoms. The third-order valence-electron chi connectivity index (χ3n) is 2.33. The maximum atomic E-state index is 4.99. The Morgan fingerprint density at radius 1 is 1.44 bits per heavy atom. The first kappa shape index (κ1) is 10.9. The highest BCUT2D eigenvalue weighted by atomic mass is 16.3. The summed E-state index contributed by atoms with van der Waals surface area (Å²) in [6.45, 7) is 5.67. The standard InChI is InChI=1S/C11H16N4O/c1-9(2)15-11(13-8-14-15)6-12-5-10-3-4-16-7-10/h3-4,7-9,12H,5-6H2,1-2H3. The van der Waals surface area contributed by atoms with E-state index in [1.807, 2.05) is 10.7 Å². The number of furan rings is 1. The van der Waals surface area contributed by atoms with E-state index in [1.54, 1.807) is 18.9 Å². The number of nitrogens with zero attached hydrogens (tertiary/aromatic N) is 3. The molecule has 2 heterocycles. The number of nitrogens with one attached hydrogen (secondary N) is 1. The van der Waals surface area contributed by atoms with Crippen molar-refractivity contribution in [1.82, 2.24) is 20.1 Å². The van der Waals surface area contributed by atoms with Crippen LogP contribution in [0.1, 0.15) is 31.3 Å². The third-order valence-corrected chi connectivity index (χ3v) is 2.33. The van der Waals surface area contributed by atoms with E-state index in [4.69, 9.17) is 4.42 Å². The highest BCUT2D eigenvalue weighted by molar-refractivity contribution is 5.04. The summed E-state index contributed by atoms with van der Waals surface area (Å²) >= 11 is 0. The molecule has 0 aliphatic rings. The van der Waals surface area contributed by atoms with Crippen molar-refractivity contribution >= 4 is 0 Å². The average molecular weight is 220 g/mol. The minimum absolute atomic E-state index is 0.341. The van der Waals surface area contributed by atoms with E-state index in [-0.39, 0.29) is 0 Å². The first-order valence-electron chi connectivity index (χ1n) is 5.37. The molecule has 0 saturated carbocycles. The van der Waals surface area contributed by atoms with Crippen molar-refractivity contribution in [1.29, 1.82) is 0 Å². The molecule has 0 aliphatic heterocycles. The highest BCUT2D eigenvalue weighted by Crippen LogP contribution is 2.05. The molecule has 0 radical (unpaired) electrons. The predicted octanol–water partition coefficient (Wildman–Crippen LogP) is 1.74. The molecule has 2 aromatic rings. The lowest BCUT2D eigenvalue weighted by Crippen LogP contribution is -2.18. The van der Waals surface area contributed by atoms with Gasteiger partial charge in [-0.05, 0) is 19.9 Å². The Hall–Kier alpha value is -1.62. The van der Waals surface area contributed by atoms with Gasteiger partial charge in [0.05, 0.1) is 19.1 Å². The molecule has 86 valence electrons. The summed E-state index contributed by atoms with van der Waals surface area (Å²) in [4.78, 5) is 4.22. The van der Waals surface area contributed by atoms with Gasteiger partial charge < -0.3 is 9.73 Å². The molecule has 5 heteroatoms. The second kappa shape index (κ2) is 4.94. The average Bonchev–Trinajstić information content (AvgIpc) is 2.87. The van der Waals surface area contributed by atoms with E-state index in [0.717, 1.165) is 17.9 Å². The lowest BCUT2D eigenvalue weighted by Gasteiger charge is -2.09. The van der Waals surface area contributed by atoms with Crippen LogP contribution in [0.25, 0.3) is 0 Å². The monoisotopic (exact) mass is 220 g/mol. The smallest absolute Gasteiger partial charge is 0.141 e. The Labute approximate surface area is 94.5 Å². The summed E-state index contributed by atoms with van der Waals surface area (Å²) in [5.41, 5.74) is 1.13. The normalized spacial score (nSPS) is 11.2. The molecule has 0 atom stereocenters. The molecule has 2 aromatic heterocycles. The van der Waals surface area contributed by atoms with Gasteiger partial charge in [0.25, 0.3) is 0 Å². The fourth-order valence-corrected chi connectivity index (χ4v) is 1.54. The highest BCUT2D eigenvalue weighted by Gasteiger charge is 2.06. The van der Waals surface area contributed by atoms with Crippen molar-refractivity contribution in [2.45, 2.75) is 33.0 Å². The van der Waals surface area contributed by atoms with E-state index < -0.39 is 0 Å². The molecule has 0 unspecified atom stereocenters. The van der Waals surface area contributed by atoms with Gasteiger partial charge in [0, 0.05) is 18.2 Å². The van der Waals surface area contributed by atoms with Gasteiger partial charge in [0.2, 0.25) is 0 Å². The Bertz CT molecular complexity index is 419. The Morgan fingerprint density at radius 3 is 3.00 bits per heavy atom. The van der Waals surface area contributed by atoms with Gasteiger partial charge in [-0.25, -0.2) is 9.67 Å². The minimum atomic E-state index is 0.341. The zero-order valence-corrected chi connectivity index (χ0v) is 9.55. The summed E-state index contributed by atoms with van der Waals surface area (Å²) in [6.07, 6.45) is 5.00. The Balaban J connectivity index is 1.87. The predicted molar refractivity (Wildman–Crippen MR) is 59.7 cm³/mol. The van der Waals surface area contributed by atoms with Crippen LogP contribution in [0.5, 0.6) is 0 Å². The zero-order valence-electron chi connectivity index (χ0n) is 9.55.